The maximum atomic E-state index is 5.12. The lowest BCUT2D eigenvalue weighted by atomic mass is 9.98. The van der Waals surface area contributed by atoms with Gasteiger partial charge in [-0.15, -0.1) is 0 Å². The normalized spacial score (nSPS) is 11.0. The van der Waals surface area contributed by atoms with Crippen molar-refractivity contribution in [1.29, 1.82) is 0 Å². The standard InChI is InChI=1S/C47H29N3/c1-2-8-32(9-3-1)34-16-25-39(26-17-34)47-49-45(37-21-14-35(15-22-37)41-27-18-33-10-4-5-11-40(33)28-41)29-46(50-47)38-23-19-36(20-24-38)44-31-48-30-42-12-6-7-13-43(42)44/h1-3,5-9,11-31H. The summed E-state index contributed by atoms with van der Waals surface area (Å²) in [5.41, 5.74) is 11.6. The van der Waals surface area contributed by atoms with E-state index in [9.17, 15) is 0 Å². The van der Waals surface area contributed by atoms with Crippen LogP contribution in [0.15, 0.2) is 176 Å². The maximum Gasteiger partial charge on any atom is 0.160 e. The van der Waals surface area contributed by atoms with E-state index in [0.29, 0.717) is 5.82 Å². The number of benzene rings is 6. The summed E-state index contributed by atoms with van der Waals surface area (Å²) in [6, 6.07) is 63.2. The predicted octanol–water partition coefficient (Wildman–Crippen LogP) is 11.8. The average molecular weight is 636 g/mol. The number of rotatable bonds is 6. The summed E-state index contributed by atoms with van der Waals surface area (Å²) in [7, 11) is 0. The molecule has 0 spiro atoms. The zero-order valence-corrected chi connectivity index (χ0v) is 27.1. The quantitative estimate of drug-likeness (QED) is 0.182. The predicted molar refractivity (Wildman–Crippen MR) is 205 cm³/mol. The van der Waals surface area contributed by atoms with Crippen molar-refractivity contribution in [2.75, 3.05) is 0 Å². The molecule has 0 amide bonds. The monoisotopic (exact) mass is 635 g/mol. The highest BCUT2D eigenvalue weighted by molar-refractivity contribution is 5.96. The van der Waals surface area contributed by atoms with Crippen LogP contribution in [0, 0.1) is 12.1 Å². The Labute approximate surface area is 291 Å². The molecule has 2 aromatic heterocycles. The molecule has 0 fully saturated rings. The summed E-state index contributed by atoms with van der Waals surface area (Å²) in [5.74, 6) is 0.686. The van der Waals surface area contributed by atoms with E-state index in [4.69, 9.17) is 9.97 Å². The molecule has 0 radical (unpaired) electrons. The van der Waals surface area contributed by atoms with Crippen molar-refractivity contribution in [3.63, 3.8) is 0 Å². The van der Waals surface area contributed by atoms with Gasteiger partial charge in [-0.25, -0.2) is 9.97 Å². The third-order valence-corrected chi connectivity index (χ3v) is 9.25. The zero-order valence-electron chi connectivity index (χ0n) is 27.1. The highest BCUT2D eigenvalue weighted by Crippen LogP contribution is 2.33. The molecule has 0 unspecified atom stereocenters. The van der Waals surface area contributed by atoms with Crippen LogP contribution in [0.5, 0.6) is 0 Å². The lowest BCUT2D eigenvalue weighted by Crippen LogP contribution is -1.96. The van der Waals surface area contributed by atoms with Gasteiger partial charge >= 0.3 is 0 Å². The Bertz CT molecular complexity index is 2600. The molecule has 0 aliphatic heterocycles. The van der Waals surface area contributed by atoms with Crippen molar-refractivity contribution in [2.45, 2.75) is 0 Å². The van der Waals surface area contributed by atoms with Crippen LogP contribution < -0.4 is 0 Å². The number of fused-ring (bicyclic) bond motifs is 2. The van der Waals surface area contributed by atoms with Crippen molar-refractivity contribution >= 4 is 21.5 Å². The molecule has 0 aliphatic rings. The van der Waals surface area contributed by atoms with Crippen molar-refractivity contribution in [2.24, 2.45) is 0 Å². The van der Waals surface area contributed by atoms with Gasteiger partial charge in [-0.2, -0.15) is 0 Å². The molecule has 2 heterocycles. The second-order valence-corrected chi connectivity index (χ2v) is 12.4. The van der Waals surface area contributed by atoms with E-state index < -0.39 is 0 Å². The molecule has 0 bridgehead atoms. The third kappa shape index (κ3) is 5.66. The Morgan fingerprint density at radius 2 is 0.980 bits per heavy atom. The van der Waals surface area contributed by atoms with Gasteiger partial charge in [-0.1, -0.05) is 146 Å². The van der Waals surface area contributed by atoms with Gasteiger partial charge in [0.15, 0.2) is 5.82 Å². The van der Waals surface area contributed by atoms with Crippen LogP contribution in [0.25, 0.3) is 88.8 Å². The van der Waals surface area contributed by atoms with E-state index in [2.05, 4.69) is 163 Å². The van der Waals surface area contributed by atoms with Crippen LogP contribution in [0.1, 0.15) is 0 Å². The van der Waals surface area contributed by atoms with E-state index in [1.54, 1.807) is 0 Å². The molecule has 232 valence electrons. The molecule has 9 aromatic rings. The molecule has 0 saturated heterocycles. The van der Waals surface area contributed by atoms with Crippen LogP contribution in [0.3, 0.4) is 0 Å². The molecule has 0 atom stereocenters. The number of aromatic nitrogens is 3. The van der Waals surface area contributed by atoms with Gasteiger partial charge in [0.25, 0.3) is 0 Å². The highest BCUT2D eigenvalue weighted by atomic mass is 14.9. The summed E-state index contributed by atoms with van der Waals surface area (Å²) >= 11 is 0. The van der Waals surface area contributed by atoms with Gasteiger partial charge < -0.3 is 0 Å². The Morgan fingerprint density at radius 3 is 1.72 bits per heavy atom. The van der Waals surface area contributed by atoms with Crippen LogP contribution in [0.4, 0.5) is 0 Å². The fourth-order valence-corrected chi connectivity index (χ4v) is 6.56. The van der Waals surface area contributed by atoms with Crippen LogP contribution in [-0.4, -0.2) is 15.0 Å². The SMILES string of the molecule is c1ccc2cc(-c3ccc(-c4cc(-c5ccc(-c6cncc7ccccc67)cc5)nc(-c5ccc(-c6ccccc6)cc5)n4)cc3)ccc2c#1. The molecule has 0 N–H and O–H groups in total. The van der Waals surface area contributed by atoms with Crippen LogP contribution >= 0.6 is 0 Å². The van der Waals surface area contributed by atoms with E-state index in [-0.39, 0.29) is 0 Å². The smallest absolute Gasteiger partial charge is 0.160 e. The second-order valence-electron chi connectivity index (χ2n) is 12.4. The number of nitrogens with zero attached hydrogens (tertiary/aromatic N) is 3. The molecule has 0 saturated carbocycles. The molecular weight excluding hydrogens is 607 g/mol. The fourth-order valence-electron chi connectivity index (χ4n) is 6.56. The second kappa shape index (κ2) is 12.6. The van der Waals surface area contributed by atoms with Crippen LogP contribution in [0.2, 0.25) is 0 Å². The van der Waals surface area contributed by atoms with Crippen molar-refractivity contribution in [3.05, 3.63) is 188 Å². The fraction of sp³-hybridized carbons (Fsp3) is 0. The number of pyridine rings is 1. The summed E-state index contributed by atoms with van der Waals surface area (Å²) in [5, 5.41) is 4.52. The van der Waals surface area contributed by atoms with Gasteiger partial charge in [0.2, 0.25) is 0 Å². The topological polar surface area (TPSA) is 38.7 Å². The van der Waals surface area contributed by atoms with E-state index >= 15 is 0 Å². The largest absolute Gasteiger partial charge is 0.263 e. The van der Waals surface area contributed by atoms with Gasteiger partial charge in [-0.05, 0) is 68.9 Å². The molecule has 0 aliphatic carbocycles. The minimum atomic E-state index is 0.686. The zero-order chi connectivity index (χ0) is 33.3. The minimum Gasteiger partial charge on any atom is -0.263 e. The van der Waals surface area contributed by atoms with Gasteiger partial charge in [-0.3, -0.25) is 4.98 Å². The summed E-state index contributed by atoms with van der Waals surface area (Å²) in [6.07, 6.45) is 3.85. The van der Waals surface area contributed by atoms with E-state index in [0.717, 1.165) is 72.1 Å². The molecular formula is C47H29N3. The lowest BCUT2D eigenvalue weighted by Gasteiger charge is -2.12. The average Bonchev–Trinajstić information content (AvgIpc) is 3.21. The van der Waals surface area contributed by atoms with Crippen molar-refractivity contribution in [1.82, 2.24) is 15.0 Å². The van der Waals surface area contributed by atoms with Crippen molar-refractivity contribution < 1.29 is 0 Å². The molecule has 3 nitrogen and oxygen atoms in total. The summed E-state index contributed by atoms with van der Waals surface area (Å²) in [4.78, 5) is 14.7. The van der Waals surface area contributed by atoms with E-state index in [1.807, 2.05) is 30.6 Å². The summed E-state index contributed by atoms with van der Waals surface area (Å²) in [6.45, 7) is 0. The first-order valence-corrected chi connectivity index (χ1v) is 16.7. The first-order chi connectivity index (χ1) is 24.7. The number of hydrogen-bond acceptors (Lipinski definition) is 3. The Kier molecular flexibility index (Phi) is 7.38. The molecule has 3 heteroatoms. The maximum absolute atomic E-state index is 5.12. The third-order valence-electron chi connectivity index (χ3n) is 9.25. The molecule has 9 rings (SSSR count). The van der Waals surface area contributed by atoms with Crippen LogP contribution in [-0.2, 0) is 0 Å². The van der Waals surface area contributed by atoms with Gasteiger partial charge in [0, 0.05) is 45.4 Å². The molecule has 50 heavy (non-hydrogen) atoms. The first-order valence-electron chi connectivity index (χ1n) is 16.7. The molecule has 7 aromatic carbocycles. The Balaban J connectivity index is 1.10. The lowest BCUT2D eigenvalue weighted by molar-refractivity contribution is 1.18. The van der Waals surface area contributed by atoms with Crippen molar-refractivity contribution in [3.8, 4) is 67.3 Å². The Hall–Kier alpha value is -6.89. The number of hydrogen-bond donors (Lipinski definition) is 0. The Morgan fingerprint density at radius 1 is 0.400 bits per heavy atom. The highest BCUT2D eigenvalue weighted by Gasteiger charge is 2.13. The van der Waals surface area contributed by atoms with Gasteiger partial charge in [0.05, 0.1) is 11.4 Å². The van der Waals surface area contributed by atoms with Gasteiger partial charge in [0.1, 0.15) is 0 Å². The minimum absolute atomic E-state index is 0.686. The summed E-state index contributed by atoms with van der Waals surface area (Å²) < 4.78 is 0. The first kappa shape index (κ1) is 29.3. The van der Waals surface area contributed by atoms with E-state index in [1.165, 1.54) is 10.9 Å².